The quantitative estimate of drug-likeness (QED) is 0.634. The molecule has 0 N–H and O–H groups in total. The van der Waals surface area contributed by atoms with Crippen LogP contribution < -0.4 is 0 Å². The average molecular weight is 258 g/mol. The number of methoxy groups -OCH3 is 1. The smallest absolute Gasteiger partial charge is 0.309 e. The zero-order chi connectivity index (χ0) is 13.3. The first kappa shape index (κ1) is 15.8. The number of thioether (sulfide) groups is 1. The fourth-order valence-corrected chi connectivity index (χ4v) is 2.05. The molecule has 0 aromatic rings. The average Bonchev–Trinajstić information content (AvgIpc) is 2.34. The Hall–Kier alpha value is -1.22. The number of nitriles is 1. The first-order valence-corrected chi connectivity index (χ1v) is 6.44. The highest BCUT2D eigenvalue weighted by Gasteiger charge is 2.14. The van der Waals surface area contributed by atoms with E-state index in [0.717, 1.165) is 0 Å². The van der Waals surface area contributed by atoms with Crippen molar-refractivity contribution in [2.24, 2.45) is 5.92 Å². The van der Waals surface area contributed by atoms with Crippen molar-refractivity contribution in [3.63, 3.8) is 0 Å². The second-order valence-electron chi connectivity index (χ2n) is 3.66. The lowest BCUT2D eigenvalue weighted by atomic mass is 10.2. The van der Waals surface area contributed by atoms with Crippen molar-refractivity contribution in [2.75, 3.05) is 32.2 Å². The Balaban J connectivity index is 3.78. The van der Waals surface area contributed by atoms with Crippen molar-refractivity contribution in [1.82, 2.24) is 4.90 Å². The van der Waals surface area contributed by atoms with Crippen LogP contribution in [0.2, 0.25) is 0 Å². The van der Waals surface area contributed by atoms with Crippen LogP contribution in [0.5, 0.6) is 0 Å². The van der Waals surface area contributed by atoms with Gasteiger partial charge in [-0.3, -0.25) is 9.59 Å². The summed E-state index contributed by atoms with van der Waals surface area (Å²) < 4.78 is 4.59. The Morgan fingerprint density at radius 1 is 1.53 bits per heavy atom. The van der Waals surface area contributed by atoms with Gasteiger partial charge in [-0.2, -0.15) is 17.0 Å². The first-order chi connectivity index (χ1) is 8.02. The lowest BCUT2D eigenvalue weighted by Gasteiger charge is -2.15. The molecule has 1 unspecified atom stereocenters. The van der Waals surface area contributed by atoms with Gasteiger partial charge >= 0.3 is 5.97 Å². The van der Waals surface area contributed by atoms with E-state index in [9.17, 15) is 9.59 Å². The molecule has 0 aromatic heterocycles. The molecular formula is C11H18N2O3S. The van der Waals surface area contributed by atoms with Crippen molar-refractivity contribution >= 4 is 23.6 Å². The third-order valence-electron chi connectivity index (χ3n) is 2.18. The number of rotatable bonds is 7. The summed E-state index contributed by atoms with van der Waals surface area (Å²) in [6.45, 7) is 2.21. The van der Waals surface area contributed by atoms with E-state index in [1.54, 1.807) is 14.0 Å². The number of carbonyl (C=O) groups excluding carboxylic acids is 2. The Bertz CT molecular complexity index is 302. The van der Waals surface area contributed by atoms with E-state index in [-0.39, 0.29) is 17.8 Å². The highest BCUT2D eigenvalue weighted by molar-refractivity contribution is 7.99. The maximum Gasteiger partial charge on any atom is 0.309 e. The summed E-state index contributed by atoms with van der Waals surface area (Å²) in [6.07, 6.45) is 0.339. The molecule has 0 saturated carbocycles. The van der Waals surface area contributed by atoms with Crippen LogP contribution in [0, 0.1) is 17.2 Å². The van der Waals surface area contributed by atoms with Crippen molar-refractivity contribution in [1.29, 1.82) is 5.26 Å². The Morgan fingerprint density at radius 2 is 2.18 bits per heavy atom. The molecule has 0 aromatic carbocycles. The van der Waals surface area contributed by atoms with Crippen LogP contribution in [0.15, 0.2) is 0 Å². The highest BCUT2D eigenvalue weighted by Crippen LogP contribution is 2.10. The van der Waals surface area contributed by atoms with E-state index in [1.165, 1.54) is 23.8 Å². The Morgan fingerprint density at radius 3 is 2.71 bits per heavy atom. The molecule has 0 bridgehead atoms. The molecule has 0 fully saturated rings. The molecule has 1 amide bonds. The third-order valence-corrected chi connectivity index (χ3v) is 3.37. The molecule has 0 rings (SSSR count). The Kier molecular flexibility index (Phi) is 8.24. The summed E-state index contributed by atoms with van der Waals surface area (Å²) in [4.78, 5) is 24.2. The molecule has 5 nitrogen and oxygen atoms in total. The number of nitrogens with zero attached hydrogens (tertiary/aromatic N) is 2. The fourth-order valence-electron chi connectivity index (χ4n) is 1.04. The van der Waals surface area contributed by atoms with Gasteiger partial charge in [0, 0.05) is 19.3 Å². The van der Waals surface area contributed by atoms with Gasteiger partial charge in [0.2, 0.25) is 5.91 Å². The van der Waals surface area contributed by atoms with Crippen LogP contribution in [0.1, 0.15) is 13.3 Å². The van der Waals surface area contributed by atoms with Gasteiger partial charge in [0.25, 0.3) is 0 Å². The van der Waals surface area contributed by atoms with E-state index in [2.05, 4.69) is 4.74 Å². The standard InChI is InChI=1S/C11H18N2O3S/c1-9(11(15)16-3)7-17-8-10(14)13(2)6-4-5-12/h9H,4,6-8H2,1-3H3. The molecule has 0 spiro atoms. The van der Waals surface area contributed by atoms with Gasteiger partial charge in [-0.05, 0) is 0 Å². The van der Waals surface area contributed by atoms with Crippen molar-refractivity contribution in [3.8, 4) is 6.07 Å². The van der Waals surface area contributed by atoms with E-state index in [1.807, 2.05) is 6.07 Å². The number of ether oxygens (including phenoxy) is 1. The normalized spacial score (nSPS) is 11.4. The number of esters is 1. The third kappa shape index (κ3) is 6.84. The number of hydrogen-bond acceptors (Lipinski definition) is 5. The van der Waals surface area contributed by atoms with E-state index < -0.39 is 0 Å². The summed E-state index contributed by atoms with van der Waals surface area (Å²) in [5, 5.41) is 8.39. The number of hydrogen-bond donors (Lipinski definition) is 0. The molecule has 1 atom stereocenters. The van der Waals surface area contributed by atoms with E-state index in [4.69, 9.17) is 5.26 Å². The van der Waals surface area contributed by atoms with E-state index >= 15 is 0 Å². The molecule has 0 heterocycles. The van der Waals surface area contributed by atoms with Gasteiger partial charge in [-0.1, -0.05) is 6.92 Å². The topological polar surface area (TPSA) is 70.4 Å². The molecule has 0 aliphatic heterocycles. The van der Waals surface area contributed by atoms with E-state index in [0.29, 0.717) is 24.5 Å². The zero-order valence-electron chi connectivity index (χ0n) is 10.4. The summed E-state index contributed by atoms with van der Waals surface area (Å²) >= 11 is 1.40. The first-order valence-electron chi connectivity index (χ1n) is 5.29. The predicted molar refractivity (Wildman–Crippen MR) is 66.4 cm³/mol. The lowest BCUT2D eigenvalue weighted by Crippen LogP contribution is -2.29. The monoisotopic (exact) mass is 258 g/mol. The predicted octanol–water partition coefficient (Wildman–Crippen LogP) is 0.901. The van der Waals surface area contributed by atoms with Crippen molar-refractivity contribution in [3.05, 3.63) is 0 Å². The summed E-state index contributed by atoms with van der Waals surface area (Å²) in [7, 11) is 3.02. The minimum Gasteiger partial charge on any atom is -0.469 e. The Labute approximate surface area is 106 Å². The van der Waals surface area contributed by atoms with Crippen molar-refractivity contribution < 1.29 is 14.3 Å². The molecular weight excluding hydrogens is 240 g/mol. The fraction of sp³-hybridized carbons (Fsp3) is 0.727. The summed E-state index contributed by atoms with van der Waals surface area (Å²) in [5.41, 5.74) is 0. The van der Waals surface area contributed by atoms with Crippen LogP contribution in [0.4, 0.5) is 0 Å². The second-order valence-corrected chi connectivity index (χ2v) is 4.69. The van der Waals surface area contributed by atoms with Gasteiger partial charge in [-0.15, -0.1) is 0 Å². The molecule has 0 radical (unpaired) electrons. The van der Waals surface area contributed by atoms with Gasteiger partial charge in [-0.25, -0.2) is 0 Å². The second kappa shape index (κ2) is 8.88. The van der Waals surface area contributed by atoms with Crippen LogP contribution in [-0.2, 0) is 14.3 Å². The highest BCUT2D eigenvalue weighted by atomic mass is 32.2. The number of carbonyl (C=O) groups is 2. The lowest BCUT2D eigenvalue weighted by molar-refractivity contribution is -0.144. The van der Waals surface area contributed by atoms with Crippen LogP contribution in [0.3, 0.4) is 0 Å². The van der Waals surface area contributed by atoms with Crippen LogP contribution >= 0.6 is 11.8 Å². The molecule has 6 heteroatoms. The molecule has 96 valence electrons. The largest absolute Gasteiger partial charge is 0.469 e. The van der Waals surface area contributed by atoms with Crippen LogP contribution in [-0.4, -0.2) is 49.0 Å². The molecule has 0 saturated heterocycles. The van der Waals surface area contributed by atoms with Gasteiger partial charge in [0.15, 0.2) is 0 Å². The summed E-state index contributed by atoms with van der Waals surface area (Å²) in [5.74, 6) is 0.389. The SMILES string of the molecule is COC(=O)C(C)CSCC(=O)N(C)CCC#N. The van der Waals surface area contributed by atoms with Gasteiger partial charge in [0.05, 0.1) is 31.3 Å². The minimum atomic E-state index is -0.261. The van der Waals surface area contributed by atoms with Gasteiger partial charge in [0.1, 0.15) is 0 Å². The van der Waals surface area contributed by atoms with Crippen LogP contribution in [0.25, 0.3) is 0 Å². The number of amides is 1. The maximum atomic E-state index is 11.5. The minimum absolute atomic E-state index is 0.0256. The maximum absolute atomic E-state index is 11.5. The zero-order valence-corrected chi connectivity index (χ0v) is 11.2. The summed E-state index contributed by atoms with van der Waals surface area (Å²) in [6, 6.07) is 1.99. The molecule has 17 heavy (non-hydrogen) atoms. The molecule has 0 aliphatic rings. The van der Waals surface area contributed by atoms with Crippen molar-refractivity contribution in [2.45, 2.75) is 13.3 Å². The van der Waals surface area contributed by atoms with Gasteiger partial charge < -0.3 is 9.64 Å². The molecule has 0 aliphatic carbocycles.